The topological polar surface area (TPSA) is 75.4 Å². The summed E-state index contributed by atoms with van der Waals surface area (Å²) >= 11 is 0. The maximum absolute atomic E-state index is 10.2. The molecular formula is C7H10N2O3. The van der Waals surface area contributed by atoms with Crippen molar-refractivity contribution in [1.82, 2.24) is 9.78 Å². The van der Waals surface area contributed by atoms with E-state index >= 15 is 0 Å². The molecular weight excluding hydrogens is 160 g/mol. The van der Waals surface area contributed by atoms with E-state index in [0.717, 1.165) is 0 Å². The van der Waals surface area contributed by atoms with Gasteiger partial charge in [0.15, 0.2) is 0 Å². The van der Waals surface area contributed by atoms with E-state index in [9.17, 15) is 9.90 Å². The molecule has 1 aromatic heterocycles. The number of nitrogens with zero attached hydrogens (tertiary/aromatic N) is 2. The first kappa shape index (κ1) is 8.73. The van der Waals surface area contributed by atoms with Crippen LogP contribution >= 0.6 is 0 Å². The third-order valence-corrected chi connectivity index (χ3v) is 1.48. The average Bonchev–Trinajstić information content (AvgIpc) is 2.34. The molecule has 0 amide bonds. The van der Waals surface area contributed by atoms with E-state index in [4.69, 9.17) is 5.11 Å². The Labute approximate surface area is 69.2 Å². The Morgan fingerprint density at radius 1 is 1.83 bits per heavy atom. The first-order valence-corrected chi connectivity index (χ1v) is 3.48. The Kier molecular flexibility index (Phi) is 2.44. The Hall–Kier alpha value is -1.36. The number of aryl methyl sites for hydroxylation is 1. The van der Waals surface area contributed by atoms with Crippen molar-refractivity contribution in [3.8, 4) is 0 Å². The van der Waals surface area contributed by atoms with Crippen LogP contribution in [0.4, 0.5) is 0 Å². The molecule has 2 N–H and O–H groups in total. The number of carbonyl (C=O) groups is 1. The number of aliphatic hydroxyl groups is 1. The minimum absolute atomic E-state index is 0.286. The van der Waals surface area contributed by atoms with Crippen LogP contribution in [0.5, 0.6) is 0 Å². The fourth-order valence-electron chi connectivity index (χ4n) is 0.895. The number of hydrogen-bond acceptors (Lipinski definition) is 3. The van der Waals surface area contributed by atoms with Gasteiger partial charge < -0.3 is 10.2 Å². The van der Waals surface area contributed by atoms with Gasteiger partial charge in [0.1, 0.15) is 0 Å². The van der Waals surface area contributed by atoms with Crippen molar-refractivity contribution in [2.75, 3.05) is 0 Å². The van der Waals surface area contributed by atoms with Gasteiger partial charge in [0.25, 0.3) is 0 Å². The first-order chi connectivity index (χ1) is 5.59. The van der Waals surface area contributed by atoms with Crippen LogP contribution in [-0.4, -0.2) is 26.0 Å². The minimum atomic E-state index is -1.02. The summed E-state index contributed by atoms with van der Waals surface area (Å²) in [6, 6.07) is 0. The Balaban J connectivity index is 2.64. The summed E-state index contributed by atoms with van der Waals surface area (Å²) in [4.78, 5) is 10.2. The zero-order chi connectivity index (χ0) is 9.14. The summed E-state index contributed by atoms with van der Waals surface area (Å²) < 4.78 is 1.51. The van der Waals surface area contributed by atoms with E-state index in [-0.39, 0.29) is 6.42 Å². The van der Waals surface area contributed by atoms with Gasteiger partial charge in [-0.25, -0.2) is 0 Å². The second-order valence-corrected chi connectivity index (χ2v) is 2.56. The first-order valence-electron chi connectivity index (χ1n) is 3.48. The molecule has 0 aliphatic rings. The fraction of sp³-hybridized carbons (Fsp3) is 0.429. The highest BCUT2D eigenvalue weighted by atomic mass is 16.4. The van der Waals surface area contributed by atoms with Gasteiger partial charge in [-0.2, -0.15) is 5.10 Å². The van der Waals surface area contributed by atoms with Crippen molar-refractivity contribution in [3.05, 3.63) is 18.0 Å². The lowest BCUT2D eigenvalue weighted by Gasteiger charge is -2.02. The van der Waals surface area contributed by atoms with E-state index in [2.05, 4.69) is 5.10 Å². The van der Waals surface area contributed by atoms with Gasteiger partial charge >= 0.3 is 5.97 Å². The van der Waals surface area contributed by atoms with Crippen LogP contribution in [0.3, 0.4) is 0 Å². The van der Waals surface area contributed by atoms with Crippen molar-refractivity contribution in [3.63, 3.8) is 0 Å². The maximum Gasteiger partial charge on any atom is 0.306 e. The molecule has 0 fully saturated rings. The van der Waals surface area contributed by atoms with Crippen LogP contribution in [0.2, 0.25) is 0 Å². The van der Waals surface area contributed by atoms with Crippen LogP contribution in [0, 0.1) is 0 Å². The molecule has 0 aliphatic heterocycles. The molecule has 0 saturated heterocycles. The predicted molar refractivity (Wildman–Crippen MR) is 40.4 cm³/mol. The molecule has 0 radical (unpaired) electrons. The third-order valence-electron chi connectivity index (χ3n) is 1.48. The SMILES string of the molecule is Cn1cc([C@@H](O)CC(=O)O)cn1. The highest BCUT2D eigenvalue weighted by molar-refractivity contribution is 5.67. The number of hydrogen-bond donors (Lipinski definition) is 2. The van der Waals surface area contributed by atoms with Gasteiger partial charge in [0.05, 0.1) is 18.7 Å². The maximum atomic E-state index is 10.2. The second kappa shape index (κ2) is 3.36. The van der Waals surface area contributed by atoms with Gasteiger partial charge in [-0.05, 0) is 0 Å². The van der Waals surface area contributed by atoms with E-state index < -0.39 is 12.1 Å². The van der Waals surface area contributed by atoms with E-state index in [1.807, 2.05) is 0 Å². The molecule has 0 spiro atoms. The molecule has 0 unspecified atom stereocenters. The summed E-state index contributed by atoms with van der Waals surface area (Å²) in [5.41, 5.74) is 0.528. The molecule has 5 nitrogen and oxygen atoms in total. The number of carboxylic acid groups (broad SMARTS) is 1. The van der Waals surface area contributed by atoms with Crippen molar-refractivity contribution in [2.45, 2.75) is 12.5 Å². The third kappa shape index (κ3) is 2.06. The fourth-order valence-corrected chi connectivity index (χ4v) is 0.895. The molecule has 5 heteroatoms. The van der Waals surface area contributed by atoms with Gasteiger partial charge in [0, 0.05) is 18.8 Å². The lowest BCUT2D eigenvalue weighted by atomic mass is 10.1. The normalized spacial score (nSPS) is 12.8. The van der Waals surface area contributed by atoms with Crippen molar-refractivity contribution >= 4 is 5.97 Å². The Bertz CT molecular complexity index is 282. The van der Waals surface area contributed by atoms with E-state index in [0.29, 0.717) is 5.56 Å². The highest BCUT2D eigenvalue weighted by Crippen LogP contribution is 2.14. The lowest BCUT2D eigenvalue weighted by Crippen LogP contribution is -2.04. The quantitative estimate of drug-likeness (QED) is 0.665. The average molecular weight is 170 g/mol. The van der Waals surface area contributed by atoms with Crippen LogP contribution in [0.15, 0.2) is 12.4 Å². The summed E-state index contributed by atoms with van der Waals surface area (Å²) in [6.07, 6.45) is 1.80. The summed E-state index contributed by atoms with van der Waals surface area (Å²) in [7, 11) is 1.71. The zero-order valence-corrected chi connectivity index (χ0v) is 6.64. The molecule has 1 aromatic rings. The number of aliphatic carboxylic acids is 1. The van der Waals surface area contributed by atoms with Crippen LogP contribution < -0.4 is 0 Å². The molecule has 0 aliphatic carbocycles. The Morgan fingerprint density at radius 2 is 2.50 bits per heavy atom. The molecule has 0 saturated carbocycles. The molecule has 1 atom stereocenters. The monoisotopic (exact) mass is 170 g/mol. The van der Waals surface area contributed by atoms with E-state index in [1.165, 1.54) is 10.9 Å². The second-order valence-electron chi connectivity index (χ2n) is 2.56. The molecule has 0 bridgehead atoms. The van der Waals surface area contributed by atoms with Crippen LogP contribution in [0.25, 0.3) is 0 Å². The highest BCUT2D eigenvalue weighted by Gasteiger charge is 2.12. The Morgan fingerprint density at radius 3 is 2.92 bits per heavy atom. The molecule has 1 heterocycles. The lowest BCUT2D eigenvalue weighted by molar-refractivity contribution is -0.139. The molecule has 66 valence electrons. The van der Waals surface area contributed by atoms with Gasteiger partial charge in [-0.1, -0.05) is 0 Å². The smallest absolute Gasteiger partial charge is 0.306 e. The predicted octanol–water partition coefficient (Wildman–Crippen LogP) is -0.0718. The van der Waals surface area contributed by atoms with Crippen molar-refractivity contribution < 1.29 is 15.0 Å². The largest absolute Gasteiger partial charge is 0.481 e. The molecule has 1 rings (SSSR count). The number of aromatic nitrogens is 2. The number of carboxylic acids is 1. The van der Waals surface area contributed by atoms with Gasteiger partial charge in [0.2, 0.25) is 0 Å². The van der Waals surface area contributed by atoms with Crippen molar-refractivity contribution in [1.29, 1.82) is 0 Å². The number of aliphatic hydroxyl groups excluding tert-OH is 1. The van der Waals surface area contributed by atoms with Crippen molar-refractivity contribution in [2.24, 2.45) is 7.05 Å². The minimum Gasteiger partial charge on any atom is -0.481 e. The molecule has 0 aromatic carbocycles. The standard InChI is InChI=1S/C7H10N2O3/c1-9-4-5(3-8-9)6(10)2-7(11)12/h3-4,6,10H,2H2,1H3,(H,11,12)/t6-/m0/s1. The van der Waals surface area contributed by atoms with Gasteiger partial charge in [-0.3, -0.25) is 9.48 Å². The van der Waals surface area contributed by atoms with Gasteiger partial charge in [-0.15, -0.1) is 0 Å². The van der Waals surface area contributed by atoms with E-state index in [1.54, 1.807) is 13.2 Å². The molecule has 12 heavy (non-hydrogen) atoms. The van der Waals surface area contributed by atoms with Crippen LogP contribution in [0.1, 0.15) is 18.1 Å². The summed E-state index contributed by atoms with van der Waals surface area (Å²) in [6.45, 7) is 0. The van der Waals surface area contributed by atoms with Crippen LogP contribution in [-0.2, 0) is 11.8 Å². The zero-order valence-electron chi connectivity index (χ0n) is 6.64. The number of rotatable bonds is 3. The summed E-state index contributed by atoms with van der Waals surface area (Å²) in [5, 5.41) is 21.4. The summed E-state index contributed by atoms with van der Waals surface area (Å²) in [5.74, 6) is -1.02.